The van der Waals surface area contributed by atoms with Crippen LogP contribution in [0.2, 0.25) is 0 Å². The van der Waals surface area contributed by atoms with Gasteiger partial charge in [0.25, 0.3) is 0 Å². The number of rotatable bonds is 3. The molecule has 1 aromatic rings. The van der Waals surface area contributed by atoms with Gasteiger partial charge < -0.3 is 10.1 Å². The van der Waals surface area contributed by atoms with Crippen molar-refractivity contribution in [3.8, 4) is 5.88 Å². The van der Waals surface area contributed by atoms with Crippen LogP contribution in [0.3, 0.4) is 0 Å². The van der Waals surface area contributed by atoms with Gasteiger partial charge in [0, 0.05) is 18.5 Å². The van der Waals surface area contributed by atoms with Crippen LogP contribution in [-0.2, 0) is 0 Å². The minimum atomic E-state index is 0. The Bertz CT molecular complexity index is 285. The molecule has 0 spiro atoms. The highest BCUT2D eigenvalue weighted by atomic mass is 35.5. The van der Waals surface area contributed by atoms with E-state index in [2.05, 4.69) is 15.5 Å². The van der Waals surface area contributed by atoms with Crippen molar-refractivity contribution in [2.75, 3.05) is 19.7 Å². The number of nitrogens with one attached hydrogen (secondary N) is 1. The fraction of sp³-hybridized carbons (Fsp3) is 0.600. The second-order valence-electron chi connectivity index (χ2n) is 3.68. The summed E-state index contributed by atoms with van der Waals surface area (Å²) in [6.07, 6.45) is 1.19. The molecule has 2 rings (SSSR count). The minimum absolute atomic E-state index is 0. The molecular formula is C10H16ClN3O. The van der Waals surface area contributed by atoms with Crippen LogP contribution in [-0.4, -0.2) is 29.9 Å². The van der Waals surface area contributed by atoms with E-state index in [0.29, 0.717) is 11.8 Å². The third-order valence-electron chi connectivity index (χ3n) is 2.40. The van der Waals surface area contributed by atoms with Crippen LogP contribution in [0, 0.1) is 12.8 Å². The van der Waals surface area contributed by atoms with Gasteiger partial charge in [-0.05, 0) is 26.0 Å². The zero-order valence-corrected chi connectivity index (χ0v) is 9.59. The Hall–Kier alpha value is -0.870. The fourth-order valence-corrected chi connectivity index (χ4v) is 1.52. The first-order valence-electron chi connectivity index (χ1n) is 4.98. The number of ether oxygens (including phenoxy) is 1. The number of hydrogen-bond donors (Lipinski definition) is 1. The highest BCUT2D eigenvalue weighted by Crippen LogP contribution is 2.10. The molecule has 0 saturated carbocycles. The van der Waals surface area contributed by atoms with E-state index < -0.39 is 0 Å². The van der Waals surface area contributed by atoms with Crippen molar-refractivity contribution in [2.45, 2.75) is 13.3 Å². The van der Waals surface area contributed by atoms with Gasteiger partial charge in [0.15, 0.2) is 0 Å². The molecule has 84 valence electrons. The Kier molecular flexibility index (Phi) is 4.78. The van der Waals surface area contributed by atoms with Crippen molar-refractivity contribution in [1.29, 1.82) is 0 Å². The second kappa shape index (κ2) is 5.88. The van der Waals surface area contributed by atoms with Crippen LogP contribution in [0.25, 0.3) is 0 Å². The van der Waals surface area contributed by atoms with Crippen molar-refractivity contribution < 1.29 is 4.74 Å². The van der Waals surface area contributed by atoms with Crippen LogP contribution in [0.4, 0.5) is 0 Å². The molecule has 0 amide bonds. The number of aryl methyl sites for hydroxylation is 1. The first-order chi connectivity index (χ1) is 6.84. The van der Waals surface area contributed by atoms with Crippen molar-refractivity contribution in [2.24, 2.45) is 5.92 Å². The van der Waals surface area contributed by atoms with Crippen molar-refractivity contribution in [3.63, 3.8) is 0 Å². The molecule has 1 atom stereocenters. The average molecular weight is 230 g/mol. The molecule has 4 nitrogen and oxygen atoms in total. The van der Waals surface area contributed by atoms with Gasteiger partial charge in [-0.15, -0.1) is 17.5 Å². The maximum absolute atomic E-state index is 5.53. The van der Waals surface area contributed by atoms with Crippen molar-refractivity contribution >= 4 is 12.4 Å². The lowest BCUT2D eigenvalue weighted by molar-refractivity contribution is 0.248. The van der Waals surface area contributed by atoms with Crippen molar-refractivity contribution in [3.05, 3.63) is 17.8 Å². The number of hydrogen-bond acceptors (Lipinski definition) is 4. The number of halogens is 1. The van der Waals surface area contributed by atoms with Crippen molar-refractivity contribution in [1.82, 2.24) is 15.5 Å². The summed E-state index contributed by atoms with van der Waals surface area (Å²) in [5.41, 5.74) is 0.917. The predicted molar refractivity (Wildman–Crippen MR) is 60.5 cm³/mol. The Balaban J connectivity index is 0.00000112. The first kappa shape index (κ1) is 12.2. The maximum Gasteiger partial charge on any atom is 0.233 e. The van der Waals surface area contributed by atoms with E-state index in [1.807, 2.05) is 19.1 Å². The lowest BCUT2D eigenvalue weighted by Gasteiger charge is -2.09. The summed E-state index contributed by atoms with van der Waals surface area (Å²) in [5.74, 6) is 1.25. The third-order valence-corrected chi connectivity index (χ3v) is 2.40. The molecule has 1 aliphatic heterocycles. The highest BCUT2D eigenvalue weighted by Gasteiger charge is 2.14. The fourth-order valence-electron chi connectivity index (χ4n) is 1.52. The topological polar surface area (TPSA) is 47.0 Å². The molecule has 1 aromatic heterocycles. The van der Waals surface area contributed by atoms with E-state index in [-0.39, 0.29) is 12.4 Å². The zero-order chi connectivity index (χ0) is 9.80. The monoisotopic (exact) mass is 229 g/mol. The van der Waals surface area contributed by atoms with Gasteiger partial charge in [-0.3, -0.25) is 0 Å². The number of nitrogens with zero attached hydrogens (tertiary/aromatic N) is 2. The summed E-state index contributed by atoms with van der Waals surface area (Å²) >= 11 is 0. The Labute approximate surface area is 95.8 Å². The smallest absolute Gasteiger partial charge is 0.233 e. The minimum Gasteiger partial charge on any atom is -0.476 e. The van der Waals surface area contributed by atoms with Gasteiger partial charge in [0.2, 0.25) is 5.88 Å². The molecule has 0 aliphatic carbocycles. The normalized spacial score (nSPS) is 19.7. The van der Waals surface area contributed by atoms with Crippen LogP contribution >= 0.6 is 12.4 Å². The van der Waals surface area contributed by atoms with Gasteiger partial charge in [-0.2, -0.15) is 5.10 Å². The van der Waals surface area contributed by atoms with Crippen LogP contribution in [0.15, 0.2) is 12.1 Å². The molecule has 1 saturated heterocycles. The molecule has 0 aromatic carbocycles. The van der Waals surface area contributed by atoms with E-state index in [0.717, 1.165) is 25.4 Å². The summed E-state index contributed by atoms with van der Waals surface area (Å²) in [5, 5.41) is 11.2. The van der Waals surface area contributed by atoms with Crippen LogP contribution in [0.1, 0.15) is 12.1 Å². The summed E-state index contributed by atoms with van der Waals surface area (Å²) in [6.45, 7) is 4.81. The van der Waals surface area contributed by atoms with Gasteiger partial charge >= 0.3 is 0 Å². The lowest BCUT2D eigenvalue weighted by atomic mass is 10.1. The Morgan fingerprint density at radius 2 is 2.33 bits per heavy atom. The molecule has 15 heavy (non-hydrogen) atoms. The summed E-state index contributed by atoms with van der Waals surface area (Å²) in [4.78, 5) is 0. The van der Waals surface area contributed by atoms with E-state index >= 15 is 0 Å². The Morgan fingerprint density at radius 1 is 1.47 bits per heavy atom. The first-order valence-corrected chi connectivity index (χ1v) is 4.98. The molecule has 0 bridgehead atoms. The molecule has 1 N–H and O–H groups in total. The van der Waals surface area contributed by atoms with Gasteiger partial charge in [0.1, 0.15) is 0 Å². The molecule has 2 heterocycles. The molecule has 1 fully saturated rings. The van der Waals surface area contributed by atoms with Gasteiger partial charge in [0.05, 0.1) is 12.3 Å². The molecule has 0 radical (unpaired) electrons. The predicted octanol–water partition coefficient (Wildman–Crippen LogP) is 1.20. The van der Waals surface area contributed by atoms with E-state index in [1.165, 1.54) is 6.42 Å². The second-order valence-corrected chi connectivity index (χ2v) is 3.68. The quantitative estimate of drug-likeness (QED) is 0.846. The highest BCUT2D eigenvalue weighted by molar-refractivity contribution is 5.85. The standard InChI is InChI=1S/C10H15N3O.ClH/c1-8-2-3-10(13-12-8)14-7-9-4-5-11-6-9;/h2-3,9,11H,4-7H2,1H3;1H. The van der Waals surface area contributed by atoms with Gasteiger partial charge in [-0.25, -0.2) is 0 Å². The lowest BCUT2D eigenvalue weighted by Crippen LogP contribution is -2.16. The summed E-state index contributed by atoms with van der Waals surface area (Å²) < 4.78 is 5.53. The molecule has 5 heteroatoms. The molecule has 1 unspecified atom stereocenters. The summed E-state index contributed by atoms with van der Waals surface area (Å²) in [6, 6.07) is 3.78. The SMILES string of the molecule is Cc1ccc(OCC2CCNC2)nn1.Cl. The Morgan fingerprint density at radius 3 is 2.93 bits per heavy atom. The molecular weight excluding hydrogens is 214 g/mol. The summed E-state index contributed by atoms with van der Waals surface area (Å²) in [7, 11) is 0. The van der Waals surface area contributed by atoms with Gasteiger partial charge in [-0.1, -0.05) is 0 Å². The number of aromatic nitrogens is 2. The van der Waals surface area contributed by atoms with Crippen LogP contribution in [0.5, 0.6) is 5.88 Å². The largest absolute Gasteiger partial charge is 0.476 e. The molecule has 1 aliphatic rings. The van der Waals surface area contributed by atoms with E-state index in [1.54, 1.807) is 0 Å². The maximum atomic E-state index is 5.53. The van der Waals surface area contributed by atoms with E-state index in [9.17, 15) is 0 Å². The third kappa shape index (κ3) is 3.64. The average Bonchev–Trinajstić information content (AvgIpc) is 2.70. The van der Waals surface area contributed by atoms with Crippen LogP contribution < -0.4 is 10.1 Å². The zero-order valence-electron chi connectivity index (χ0n) is 8.77. The van der Waals surface area contributed by atoms with E-state index in [4.69, 9.17) is 4.74 Å².